The Morgan fingerprint density at radius 1 is 0.710 bits per heavy atom. The van der Waals surface area contributed by atoms with Crippen molar-refractivity contribution < 1.29 is 9.59 Å². The summed E-state index contributed by atoms with van der Waals surface area (Å²) >= 11 is 3.94. The van der Waals surface area contributed by atoms with Crippen molar-refractivity contribution in [3.63, 3.8) is 0 Å². The van der Waals surface area contributed by atoms with Gasteiger partial charge in [0.2, 0.25) is 0 Å². The second-order valence-electron chi connectivity index (χ2n) is 7.81. The molecule has 2 aliphatic rings. The summed E-state index contributed by atoms with van der Waals surface area (Å²) in [6.45, 7) is 2.24. The highest BCUT2D eigenvalue weighted by molar-refractivity contribution is 8.19. The molecule has 0 spiro atoms. The van der Waals surface area contributed by atoms with Gasteiger partial charge in [0.25, 0.3) is 11.8 Å². The van der Waals surface area contributed by atoms with Crippen LogP contribution in [0.25, 0.3) is 10.8 Å². The van der Waals surface area contributed by atoms with Crippen LogP contribution in [-0.2, 0) is 0 Å². The number of nitrogens with zero attached hydrogens (tertiary/aromatic N) is 2. The fourth-order valence-corrected chi connectivity index (χ4v) is 7.07. The molecular weight excluding hydrogens is 424 g/mol. The van der Waals surface area contributed by atoms with E-state index in [0.717, 1.165) is 21.9 Å². The Hall–Kier alpha value is -2.44. The average Bonchev–Trinajstić information content (AvgIpc) is 3.38. The van der Waals surface area contributed by atoms with Gasteiger partial charge in [-0.2, -0.15) is 0 Å². The van der Waals surface area contributed by atoms with E-state index in [2.05, 4.69) is 12.1 Å². The van der Waals surface area contributed by atoms with Crippen molar-refractivity contribution in [1.29, 1.82) is 0 Å². The van der Waals surface area contributed by atoms with Crippen LogP contribution in [0.1, 0.15) is 30.9 Å². The number of thioether (sulfide) groups is 2. The minimum Gasteiger partial charge on any atom is -0.335 e. The molecule has 0 unspecified atom stereocenters. The normalized spacial score (nSPS) is 17.3. The molecule has 0 radical (unpaired) electrons. The largest absolute Gasteiger partial charge is 0.335 e. The van der Waals surface area contributed by atoms with Gasteiger partial charge in [0, 0.05) is 48.8 Å². The van der Waals surface area contributed by atoms with E-state index in [1.165, 1.54) is 17.1 Å². The van der Waals surface area contributed by atoms with Gasteiger partial charge < -0.3 is 9.80 Å². The van der Waals surface area contributed by atoms with Gasteiger partial charge in [-0.1, -0.05) is 48.5 Å². The van der Waals surface area contributed by atoms with Crippen molar-refractivity contribution in [1.82, 2.24) is 9.80 Å². The van der Waals surface area contributed by atoms with E-state index in [9.17, 15) is 9.59 Å². The van der Waals surface area contributed by atoms with Crippen molar-refractivity contribution in [2.75, 3.05) is 37.7 Å². The van der Waals surface area contributed by atoms with Gasteiger partial charge in [-0.05, 0) is 34.5 Å². The van der Waals surface area contributed by atoms with Crippen molar-refractivity contribution in [2.45, 2.75) is 4.58 Å². The van der Waals surface area contributed by atoms with Crippen LogP contribution in [0, 0.1) is 0 Å². The standard InChI is InChI=1S/C25H24N2O2S2/c28-23(19-8-10-20(11-9-19)25-30-16-17-31-25)26-12-14-27(15-13-26)24(29)22-7-3-5-18-4-1-2-6-21(18)22/h1-11,25H,12-17H2. The van der Waals surface area contributed by atoms with Gasteiger partial charge in [0.05, 0.1) is 4.58 Å². The molecule has 3 aromatic carbocycles. The zero-order valence-electron chi connectivity index (χ0n) is 17.2. The Balaban J connectivity index is 1.23. The molecule has 0 atom stereocenters. The molecule has 0 N–H and O–H groups in total. The maximum absolute atomic E-state index is 13.1. The number of hydrogen-bond acceptors (Lipinski definition) is 4. The van der Waals surface area contributed by atoms with Gasteiger partial charge in [-0.15, -0.1) is 23.5 Å². The van der Waals surface area contributed by atoms with E-state index in [1.807, 2.05) is 87.9 Å². The number of carbonyl (C=O) groups is 2. The summed E-state index contributed by atoms with van der Waals surface area (Å²) in [5.74, 6) is 2.48. The predicted molar refractivity (Wildman–Crippen MR) is 130 cm³/mol. The van der Waals surface area contributed by atoms with Gasteiger partial charge in [0.15, 0.2) is 0 Å². The molecule has 5 rings (SSSR count). The lowest BCUT2D eigenvalue weighted by Crippen LogP contribution is -2.50. The molecule has 2 fully saturated rings. The number of piperazine rings is 1. The third-order valence-corrected chi connectivity index (χ3v) is 9.03. The van der Waals surface area contributed by atoms with Crippen LogP contribution in [0.15, 0.2) is 66.7 Å². The molecule has 0 bridgehead atoms. The summed E-state index contributed by atoms with van der Waals surface area (Å²) in [7, 11) is 0. The van der Waals surface area contributed by atoms with Gasteiger partial charge >= 0.3 is 0 Å². The number of benzene rings is 3. The summed E-state index contributed by atoms with van der Waals surface area (Å²) in [5.41, 5.74) is 2.75. The lowest BCUT2D eigenvalue weighted by atomic mass is 10.0. The summed E-state index contributed by atoms with van der Waals surface area (Å²) in [5, 5.41) is 2.05. The number of amides is 2. The summed E-state index contributed by atoms with van der Waals surface area (Å²) in [6.07, 6.45) is 0. The second kappa shape index (κ2) is 8.97. The smallest absolute Gasteiger partial charge is 0.254 e. The summed E-state index contributed by atoms with van der Waals surface area (Å²) in [6, 6.07) is 21.9. The van der Waals surface area contributed by atoms with Gasteiger partial charge in [-0.3, -0.25) is 9.59 Å². The monoisotopic (exact) mass is 448 g/mol. The first kappa shape index (κ1) is 20.5. The molecule has 4 nitrogen and oxygen atoms in total. The van der Waals surface area contributed by atoms with Crippen LogP contribution in [0.4, 0.5) is 0 Å². The van der Waals surface area contributed by atoms with Crippen LogP contribution >= 0.6 is 23.5 Å². The van der Waals surface area contributed by atoms with E-state index < -0.39 is 0 Å². The fraction of sp³-hybridized carbons (Fsp3) is 0.280. The highest BCUT2D eigenvalue weighted by Gasteiger charge is 2.26. The highest BCUT2D eigenvalue weighted by atomic mass is 32.2. The van der Waals surface area contributed by atoms with Crippen LogP contribution in [0.2, 0.25) is 0 Å². The zero-order valence-corrected chi connectivity index (χ0v) is 18.8. The molecule has 2 saturated heterocycles. The number of carbonyl (C=O) groups excluding carboxylic acids is 2. The number of rotatable bonds is 3. The Labute approximate surface area is 191 Å². The van der Waals surface area contributed by atoms with E-state index in [0.29, 0.717) is 30.8 Å². The van der Waals surface area contributed by atoms with Gasteiger partial charge in [0.1, 0.15) is 0 Å². The maximum Gasteiger partial charge on any atom is 0.254 e. The molecule has 6 heteroatoms. The predicted octanol–water partition coefficient (Wildman–Crippen LogP) is 4.92. The van der Waals surface area contributed by atoms with Gasteiger partial charge in [-0.25, -0.2) is 0 Å². The molecule has 2 aliphatic heterocycles. The lowest BCUT2D eigenvalue weighted by Gasteiger charge is -2.35. The molecule has 2 amide bonds. The first-order valence-corrected chi connectivity index (χ1v) is 12.7. The van der Waals surface area contributed by atoms with E-state index in [4.69, 9.17) is 0 Å². The molecule has 0 saturated carbocycles. The highest BCUT2D eigenvalue weighted by Crippen LogP contribution is 2.45. The topological polar surface area (TPSA) is 40.6 Å². The third kappa shape index (κ3) is 4.19. The van der Waals surface area contributed by atoms with Crippen LogP contribution in [-0.4, -0.2) is 59.3 Å². The average molecular weight is 449 g/mol. The fourth-order valence-electron chi connectivity index (χ4n) is 4.21. The van der Waals surface area contributed by atoms with E-state index in [-0.39, 0.29) is 11.8 Å². The first-order chi connectivity index (χ1) is 15.2. The van der Waals surface area contributed by atoms with Crippen molar-refractivity contribution in [2.24, 2.45) is 0 Å². The van der Waals surface area contributed by atoms with Crippen LogP contribution < -0.4 is 0 Å². The van der Waals surface area contributed by atoms with Crippen molar-refractivity contribution >= 4 is 46.1 Å². The molecule has 0 aromatic heterocycles. The van der Waals surface area contributed by atoms with Crippen molar-refractivity contribution in [3.8, 4) is 0 Å². The molecule has 0 aliphatic carbocycles. The Morgan fingerprint density at radius 3 is 2.03 bits per heavy atom. The molecule has 3 aromatic rings. The zero-order chi connectivity index (χ0) is 21.2. The maximum atomic E-state index is 13.1. The van der Waals surface area contributed by atoms with Crippen LogP contribution in [0.5, 0.6) is 0 Å². The number of hydrogen-bond donors (Lipinski definition) is 0. The third-order valence-electron chi connectivity index (χ3n) is 5.93. The second-order valence-corrected chi connectivity index (χ2v) is 10.5. The Bertz CT molecular complexity index is 1100. The quantitative estimate of drug-likeness (QED) is 0.570. The molecule has 158 valence electrons. The van der Waals surface area contributed by atoms with Crippen LogP contribution in [0.3, 0.4) is 0 Å². The summed E-state index contributed by atoms with van der Waals surface area (Å²) < 4.78 is 0.493. The minimum absolute atomic E-state index is 0.0415. The molecule has 31 heavy (non-hydrogen) atoms. The minimum atomic E-state index is 0.0415. The number of fused-ring (bicyclic) bond motifs is 1. The van der Waals surface area contributed by atoms with E-state index >= 15 is 0 Å². The SMILES string of the molecule is O=C(c1ccc(C2SCCS2)cc1)N1CCN(C(=O)c2cccc3ccccc23)CC1. The Kier molecular flexibility index (Phi) is 5.92. The Morgan fingerprint density at radius 2 is 1.32 bits per heavy atom. The molecular formula is C25H24N2O2S2. The summed E-state index contributed by atoms with van der Waals surface area (Å²) in [4.78, 5) is 29.8. The first-order valence-electron chi connectivity index (χ1n) is 10.6. The van der Waals surface area contributed by atoms with Crippen molar-refractivity contribution in [3.05, 3.63) is 83.4 Å². The lowest BCUT2D eigenvalue weighted by molar-refractivity contribution is 0.0536. The van der Waals surface area contributed by atoms with E-state index in [1.54, 1.807) is 0 Å². The molecule has 2 heterocycles.